The van der Waals surface area contributed by atoms with E-state index >= 15 is 0 Å². The van der Waals surface area contributed by atoms with Gasteiger partial charge < -0.3 is 14.3 Å². The monoisotopic (exact) mass is 395 g/mol. The molecule has 8 nitrogen and oxygen atoms in total. The number of furan rings is 1. The van der Waals surface area contributed by atoms with Crippen LogP contribution in [0.25, 0.3) is 11.0 Å². The minimum absolute atomic E-state index is 0.281. The first kappa shape index (κ1) is 18.2. The summed E-state index contributed by atoms with van der Waals surface area (Å²) in [7, 11) is 0. The van der Waals surface area contributed by atoms with E-state index in [9.17, 15) is 4.79 Å². The molecule has 0 atom stereocenters. The Bertz CT molecular complexity index is 1090. The molecule has 0 aliphatic rings. The Morgan fingerprint density at radius 1 is 1.18 bits per heavy atom. The fraction of sp³-hybridized carbons (Fsp3) is 0.211. The molecule has 9 heteroatoms. The summed E-state index contributed by atoms with van der Waals surface area (Å²) in [5, 5.41) is 8.14. The minimum Gasteiger partial charge on any atom is -0.451 e. The fourth-order valence-corrected chi connectivity index (χ4v) is 3.56. The van der Waals surface area contributed by atoms with E-state index in [0.29, 0.717) is 46.9 Å². The predicted octanol–water partition coefficient (Wildman–Crippen LogP) is 3.18. The van der Waals surface area contributed by atoms with E-state index in [1.165, 1.54) is 11.8 Å². The predicted molar refractivity (Wildman–Crippen MR) is 103 cm³/mol. The summed E-state index contributed by atoms with van der Waals surface area (Å²) in [5.74, 6) is 1.59. The average Bonchev–Trinajstić information content (AvgIpc) is 3.30. The van der Waals surface area contributed by atoms with Gasteiger partial charge in [0.1, 0.15) is 5.58 Å². The molecule has 3 heterocycles. The van der Waals surface area contributed by atoms with Crippen LogP contribution >= 0.6 is 11.8 Å². The molecule has 1 aromatic carbocycles. The molecule has 0 saturated carbocycles. The van der Waals surface area contributed by atoms with Gasteiger partial charge in [-0.25, -0.2) is 9.97 Å². The molecular weight excluding hydrogens is 378 g/mol. The van der Waals surface area contributed by atoms with Crippen LogP contribution in [-0.2, 0) is 12.2 Å². The summed E-state index contributed by atoms with van der Waals surface area (Å²) in [6.07, 6.45) is 3.83. The van der Waals surface area contributed by atoms with E-state index in [2.05, 4.69) is 25.4 Å². The maximum absolute atomic E-state index is 12.7. The number of carbonyl (C=O) groups is 1. The third kappa shape index (κ3) is 4.04. The molecular formula is C19H17N5O3S. The van der Waals surface area contributed by atoms with Crippen molar-refractivity contribution in [3.05, 3.63) is 65.8 Å². The number of para-hydroxylation sites is 1. The van der Waals surface area contributed by atoms with E-state index in [-0.39, 0.29) is 5.91 Å². The summed E-state index contributed by atoms with van der Waals surface area (Å²) in [5.41, 5.74) is 1.49. The molecule has 0 bridgehead atoms. The average molecular weight is 395 g/mol. The van der Waals surface area contributed by atoms with Gasteiger partial charge in [0, 0.05) is 42.1 Å². The summed E-state index contributed by atoms with van der Waals surface area (Å²) < 4.78 is 10.9. The third-order valence-corrected chi connectivity index (χ3v) is 4.89. The standard InChI is InChI=1S/C19H17N5O3S/c1-12-23-16(27-24-12)7-10-20-18(25)17-14(11-28-19-21-8-4-9-22-19)13-5-2-3-6-15(13)26-17/h2-6,8-9H,7,10-11H2,1H3,(H,20,25). The van der Waals surface area contributed by atoms with Crippen molar-refractivity contribution in [3.8, 4) is 0 Å². The first-order valence-corrected chi connectivity index (χ1v) is 9.67. The van der Waals surface area contributed by atoms with Crippen LogP contribution in [0.15, 0.2) is 56.8 Å². The largest absolute Gasteiger partial charge is 0.451 e. The second-order valence-corrected chi connectivity index (χ2v) is 6.91. The number of aromatic nitrogens is 4. The SMILES string of the molecule is Cc1noc(CCNC(=O)c2oc3ccccc3c2CSc2ncccn2)n1. The van der Waals surface area contributed by atoms with Crippen LogP contribution in [0.4, 0.5) is 0 Å². The molecule has 4 rings (SSSR count). The lowest BCUT2D eigenvalue weighted by Gasteiger charge is -2.04. The van der Waals surface area contributed by atoms with Crippen molar-refractivity contribution in [1.82, 2.24) is 25.4 Å². The number of aryl methyl sites for hydroxylation is 1. The topological polar surface area (TPSA) is 107 Å². The van der Waals surface area contributed by atoms with Crippen LogP contribution in [-0.4, -0.2) is 32.6 Å². The molecule has 0 radical (unpaired) electrons. The summed E-state index contributed by atoms with van der Waals surface area (Å²) >= 11 is 1.45. The Kier molecular flexibility index (Phi) is 5.34. The van der Waals surface area contributed by atoms with Gasteiger partial charge in [-0.15, -0.1) is 0 Å². The molecule has 142 valence electrons. The van der Waals surface area contributed by atoms with Crippen molar-refractivity contribution >= 4 is 28.6 Å². The molecule has 3 aromatic heterocycles. The second kappa shape index (κ2) is 8.22. The Morgan fingerprint density at radius 3 is 2.79 bits per heavy atom. The van der Waals surface area contributed by atoms with Gasteiger partial charge in [-0.2, -0.15) is 4.98 Å². The Balaban J connectivity index is 1.50. The minimum atomic E-state index is -0.281. The van der Waals surface area contributed by atoms with Gasteiger partial charge in [0.05, 0.1) is 0 Å². The maximum Gasteiger partial charge on any atom is 0.287 e. The quantitative estimate of drug-likeness (QED) is 0.376. The molecule has 4 aromatic rings. The highest BCUT2D eigenvalue weighted by Gasteiger charge is 2.21. The molecule has 0 unspecified atom stereocenters. The van der Waals surface area contributed by atoms with Crippen molar-refractivity contribution in [1.29, 1.82) is 0 Å². The molecule has 0 aliphatic heterocycles. The van der Waals surface area contributed by atoms with Gasteiger partial charge in [0.15, 0.2) is 16.7 Å². The first-order valence-electron chi connectivity index (χ1n) is 8.68. The van der Waals surface area contributed by atoms with Gasteiger partial charge in [0.2, 0.25) is 5.89 Å². The Labute approximate surface area is 164 Å². The number of nitrogens with one attached hydrogen (secondary N) is 1. The van der Waals surface area contributed by atoms with Crippen LogP contribution in [0.2, 0.25) is 0 Å². The molecule has 28 heavy (non-hydrogen) atoms. The van der Waals surface area contributed by atoms with Gasteiger partial charge in [-0.1, -0.05) is 35.1 Å². The molecule has 1 amide bonds. The number of hydrogen-bond acceptors (Lipinski definition) is 8. The van der Waals surface area contributed by atoms with E-state index in [1.807, 2.05) is 24.3 Å². The number of nitrogens with zero attached hydrogens (tertiary/aromatic N) is 4. The van der Waals surface area contributed by atoms with E-state index in [0.717, 1.165) is 10.9 Å². The molecule has 1 N–H and O–H groups in total. The van der Waals surface area contributed by atoms with Gasteiger partial charge in [-0.05, 0) is 19.1 Å². The zero-order valence-corrected chi connectivity index (χ0v) is 15.9. The maximum atomic E-state index is 12.7. The van der Waals surface area contributed by atoms with Crippen LogP contribution in [0.3, 0.4) is 0 Å². The lowest BCUT2D eigenvalue weighted by atomic mass is 10.1. The molecule has 0 aliphatic carbocycles. The van der Waals surface area contributed by atoms with Crippen LogP contribution in [0.5, 0.6) is 0 Å². The Morgan fingerprint density at radius 2 is 2.00 bits per heavy atom. The van der Waals surface area contributed by atoms with Crippen LogP contribution < -0.4 is 5.32 Å². The number of carbonyl (C=O) groups excluding carboxylic acids is 1. The van der Waals surface area contributed by atoms with E-state index < -0.39 is 0 Å². The Hall–Kier alpha value is -3.20. The van der Waals surface area contributed by atoms with Crippen molar-refractivity contribution in [2.75, 3.05) is 6.54 Å². The smallest absolute Gasteiger partial charge is 0.287 e. The normalized spacial score (nSPS) is 11.0. The highest BCUT2D eigenvalue weighted by molar-refractivity contribution is 7.98. The molecule has 0 saturated heterocycles. The van der Waals surface area contributed by atoms with Gasteiger partial charge in [0.25, 0.3) is 5.91 Å². The van der Waals surface area contributed by atoms with Crippen molar-refractivity contribution in [2.45, 2.75) is 24.3 Å². The molecule has 0 spiro atoms. The summed E-state index contributed by atoms with van der Waals surface area (Å²) in [6.45, 7) is 2.12. The number of thioether (sulfide) groups is 1. The van der Waals surface area contributed by atoms with Gasteiger partial charge >= 0.3 is 0 Å². The number of hydrogen-bond donors (Lipinski definition) is 1. The van der Waals surface area contributed by atoms with Crippen molar-refractivity contribution in [3.63, 3.8) is 0 Å². The fourth-order valence-electron chi connectivity index (χ4n) is 2.73. The zero-order chi connectivity index (χ0) is 19.3. The lowest BCUT2D eigenvalue weighted by molar-refractivity contribution is 0.0927. The van der Waals surface area contributed by atoms with E-state index in [1.54, 1.807) is 25.4 Å². The first-order chi connectivity index (χ1) is 13.7. The zero-order valence-electron chi connectivity index (χ0n) is 15.1. The summed E-state index contributed by atoms with van der Waals surface area (Å²) in [6, 6.07) is 9.35. The van der Waals surface area contributed by atoms with Crippen molar-refractivity contribution < 1.29 is 13.7 Å². The second-order valence-electron chi connectivity index (χ2n) is 5.97. The number of rotatable bonds is 7. The number of benzene rings is 1. The highest BCUT2D eigenvalue weighted by Crippen LogP contribution is 2.30. The lowest BCUT2D eigenvalue weighted by Crippen LogP contribution is -2.26. The van der Waals surface area contributed by atoms with Crippen LogP contribution in [0, 0.1) is 6.92 Å². The molecule has 0 fully saturated rings. The van der Waals surface area contributed by atoms with Crippen molar-refractivity contribution in [2.24, 2.45) is 0 Å². The van der Waals surface area contributed by atoms with Gasteiger partial charge in [-0.3, -0.25) is 4.79 Å². The van der Waals surface area contributed by atoms with E-state index in [4.69, 9.17) is 8.94 Å². The highest BCUT2D eigenvalue weighted by atomic mass is 32.2. The van der Waals surface area contributed by atoms with Crippen LogP contribution in [0.1, 0.15) is 27.8 Å². The number of amides is 1. The number of fused-ring (bicyclic) bond motifs is 1. The third-order valence-electron chi connectivity index (χ3n) is 3.99. The summed E-state index contributed by atoms with van der Waals surface area (Å²) in [4.78, 5) is 25.3.